The van der Waals surface area contributed by atoms with Gasteiger partial charge in [-0.1, -0.05) is 13.0 Å². The second kappa shape index (κ2) is 3.85. The molecule has 0 spiro atoms. The third kappa shape index (κ3) is 1.51. The fourth-order valence-electron chi connectivity index (χ4n) is 1.88. The molecule has 3 aromatic heterocycles. The topological polar surface area (TPSA) is 56.2 Å². The van der Waals surface area contributed by atoms with Gasteiger partial charge in [-0.25, -0.2) is 4.98 Å². The van der Waals surface area contributed by atoms with Crippen molar-refractivity contribution in [2.24, 2.45) is 0 Å². The van der Waals surface area contributed by atoms with Crippen LogP contribution in [0.1, 0.15) is 12.6 Å². The maximum absolute atomic E-state index is 6.11. The number of hydrogen-bond acceptors (Lipinski definition) is 4. The van der Waals surface area contributed by atoms with Crippen LogP contribution >= 0.6 is 11.3 Å². The molecule has 4 nitrogen and oxygen atoms in total. The summed E-state index contributed by atoms with van der Waals surface area (Å²) in [5.41, 5.74) is 9.00. The van der Waals surface area contributed by atoms with Gasteiger partial charge in [-0.2, -0.15) is 0 Å². The van der Waals surface area contributed by atoms with Gasteiger partial charge in [-0.15, -0.1) is 11.3 Å². The highest BCUT2D eigenvalue weighted by atomic mass is 32.1. The van der Waals surface area contributed by atoms with E-state index in [4.69, 9.17) is 5.73 Å². The average Bonchev–Trinajstić information content (AvgIpc) is 2.91. The quantitative estimate of drug-likeness (QED) is 0.754. The summed E-state index contributed by atoms with van der Waals surface area (Å²) in [6.45, 7) is 2.06. The zero-order valence-corrected chi connectivity index (χ0v) is 10.2. The van der Waals surface area contributed by atoms with Crippen LogP contribution in [0.25, 0.3) is 16.3 Å². The van der Waals surface area contributed by atoms with Crippen molar-refractivity contribution in [1.82, 2.24) is 14.4 Å². The Morgan fingerprint density at radius 3 is 3.00 bits per heavy atom. The van der Waals surface area contributed by atoms with Crippen LogP contribution in [0, 0.1) is 0 Å². The van der Waals surface area contributed by atoms with Gasteiger partial charge in [0.05, 0.1) is 17.1 Å². The standard InChI is InChI=1S/C12H12N4S/c1-2-8-11(13)16-10(7-17-12(16)15-8)9-5-3-4-6-14-9/h3-7H,2,13H2,1H3. The third-order valence-corrected chi connectivity index (χ3v) is 3.56. The summed E-state index contributed by atoms with van der Waals surface area (Å²) < 4.78 is 1.98. The molecule has 0 aliphatic rings. The van der Waals surface area contributed by atoms with Crippen molar-refractivity contribution >= 4 is 22.1 Å². The summed E-state index contributed by atoms with van der Waals surface area (Å²) in [7, 11) is 0. The third-order valence-electron chi connectivity index (χ3n) is 2.74. The number of rotatable bonds is 2. The first-order chi connectivity index (χ1) is 8.31. The van der Waals surface area contributed by atoms with Gasteiger partial charge in [0.1, 0.15) is 5.82 Å². The number of aromatic nitrogens is 3. The van der Waals surface area contributed by atoms with Gasteiger partial charge >= 0.3 is 0 Å². The summed E-state index contributed by atoms with van der Waals surface area (Å²) in [5, 5.41) is 2.04. The lowest BCUT2D eigenvalue weighted by atomic mass is 10.3. The molecule has 3 heterocycles. The normalized spacial score (nSPS) is 11.1. The number of fused-ring (bicyclic) bond motifs is 1. The molecule has 3 rings (SSSR count). The summed E-state index contributed by atoms with van der Waals surface area (Å²) >= 11 is 1.59. The number of nitrogens with two attached hydrogens (primary N) is 1. The van der Waals surface area contributed by atoms with Gasteiger partial charge in [-0.05, 0) is 18.6 Å². The summed E-state index contributed by atoms with van der Waals surface area (Å²) in [6.07, 6.45) is 2.63. The number of imidazole rings is 1. The summed E-state index contributed by atoms with van der Waals surface area (Å²) in [5.74, 6) is 0.726. The van der Waals surface area contributed by atoms with Crippen molar-refractivity contribution in [3.63, 3.8) is 0 Å². The minimum atomic E-state index is 0.726. The Morgan fingerprint density at radius 1 is 1.41 bits per heavy atom. The molecule has 5 heteroatoms. The molecule has 0 saturated carbocycles. The molecule has 0 bridgehead atoms. The number of hydrogen-bond donors (Lipinski definition) is 1. The second-order valence-corrected chi connectivity index (χ2v) is 4.59. The second-order valence-electron chi connectivity index (χ2n) is 3.75. The van der Waals surface area contributed by atoms with Crippen LogP contribution in [0.5, 0.6) is 0 Å². The first-order valence-corrected chi connectivity index (χ1v) is 6.35. The largest absolute Gasteiger partial charge is 0.383 e. The molecule has 0 aromatic carbocycles. The van der Waals surface area contributed by atoms with E-state index in [9.17, 15) is 0 Å². The highest BCUT2D eigenvalue weighted by Gasteiger charge is 2.14. The zero-order chi connectivity index (χ0) is 11.8. The van der Waals surface area contributed by atoms with Crippen molar-refractivity contribution < 1.29 is 0 Å². The van der Waals surface area contributed by atoms with E-state index in [2.05, 4.69) is 16.9 Å². The van der Waals surface area contributed by atoms with Crippen molar-refractivity contribution in [1.29, 1.82) is 0 Å². The molecule has 0 aliphatic heterocycles. The summed E-state index contributed by atoms with van der Waals surface area (Å²) in [4.78, 5) is 9.79. The predicted octanol–water partition coefficient (Wildman–Crippen LogP) is 2.60. The number of pyridine rings is 1. The fraction of sp³-hybridized carbons (Fsp3) is 0.167. The lowest BCUT2D eigenvalue weighted by molar-refractivity contribution is 1.07. The lowest BCUT2D eigenvalue weighted by Crippen LogP contribution is -1.97. The van der Waals surface area contributed by atoms with Crippen molar-refractivity contribution in [3.8, 4) is 11.4 Å². The van der Waals surface area contributed by atoms with Crippen LogP contribution < -0.4 is 5.73 Å². The Morgan fingerprint density at radius 2 is 2.29 bits per heavy atom. The molecule has 0 unspecified atom stereocenters. The molecule has 3 aromatic rings. The van der Waals surface area contributed by atoms with E-state index < -0.39 is 0 Å². The molecule has 0 amide bonds. The minimum Gasteiger partial charge on any atom is -0.383 e. The van der Waals surface area contributed by atoms with E-state index in [1.807, 2.05) is 28.0 Å². The van der Waals surface area contributed by atoms with E-state index in [0.717, 1.165) is 34.3 Å². The smallest absolute Gasteiger partial charge is 0.196 e. The van der Waals surface area contributed by atoms with Crippen LogP contribution in [0.4, 0.5) is 5.82 Å². The first-order valence-electron chi connectivity index (χ1n) is 5.47. The number of thiazole rings is 1. The van der Waals surface area contributed by atoms with E-state index >= 15 is 0 Å². The molecule has 0 atom stereocenters. The van der Waals surface area contributed by atoms with Crippen LogP contribution in [0.3, 0.4) is 0 Å². The molecule has 0 radical (unpaired) electrons. The highest BCUT2D eigenvalue weighted by Crippen LogP contribution is 2.28. The monoisotopic (exact) mass is 244 g/mol. The van der Waals surface area contributed by atoms with E-state index in [1.165, 1.54) is 0 Å². The Hall–Kier alpha value is -1.88. The molecule has 0 fully saturated rings. The van der Waals surface area contributed by atoms with Crippen molar-refractivity contribution in [3.05, 3.63) is 35.5 Å². The number of aryl methyl sites for hydroxylation is 1. The minimum absolute atomic E-state index is 0.726. The number of anilines is 1. The predicted molar refractivity (Wildman–Crippen MR) is 70.1 cm³/mol. The maximum atomic E-state index is 6.11. The molecular formula is C12H12N4S. The number of nitrogens with zero attached hydrogens (tertiary/aromatic N) is 3. The molecule has 86 valence electrons. The van der Waals surface area contributed by atoms with Gasteiger partial charge in [0.2, 0.25) is 0 Å². The molecular weight excluding hydrogens is 232 g/mol. The maximum Gasteiger partial charge on any atom is 0.196 e. The molecule has 17 heavy (non-hydrogen) atoms. The SMILES string of the molecule is CCc1nc2scc(-c3ccccn3)n2c1N. The lowest BCUT2D eigenvalue weighted by Gasteiger charge is -2.00. The Kier molecular flexibility index (Phi) is 2.33. The fourth-order valence-corrected chi connectivity index (χ4v) is 2.79. The Balaban J connectivity index is 2.27. The number of nitrogen functional groups attached to an aromatic ring is 1. The molecule has 0 aliphatic carbocycles. The van der Waals surface area contributed by atoms with Crippen LogP contribution in [0.15, 0.2) is 29.8 Å². The summed E-state index contributed by atoms with van der Waals surface area (Å²) in [6, 6.07) is 5.86. The van der Waals surface area contributed by atoms with Crippen LogP contribution in [-0.4, -0.2) is 14.4 Å². The van der Waals surface area contributed by atoms with E-state index in [-0.39, 0.29) is 0 Å². The van der Waals surface area contributed by atoms with Crippen molar-refractivity contribution in [2.45, 2.75) is 13.3 Å². The Labute approximate surface area is 103 Å². The van der Waals surface area contributed by atoms with Gasteiger partial charge < -0.3 is 5.73 Å². The van der Waals surface area contributed by atoms with Gasteiger partial charge in [0, 0.05) is 11.6 Å². The van der Waals surface area contributed by atoms with Crippen molar-refractivity contribution in [2.75, 3.05) is 5.73 Å². The van der Waals surface area contributed by atoms with E-state index in [1.54, 1.807) is 17.5 Å². The van der Waals surface area contributed by atoms with Crippen LogP contribution in [0.2, 0.25) is 0 Å². The van der Waals surface area contributed by atoms with E-state index in [0.29, 0.717) is 0 Å². The average molecular weight is 244 g/mol. The highest BCUT2D eigenvalue weighted by molar-refractivity contribution is 7.15. The zero-order valence-electron chi connectivity index (χ0n) is 9.42. The first kappa shape index (κ1) is 10.3. The van der Waals surface area contributed by atoms with Gasteiger partial charge in [0.25, 0.3) is 0 Å². The molecule has 0 saturated heterocycles. The van der Waals surface area contributed by atoms with Gasteiger partial charge in [-0.3, -0.25) is 9.38 Å². The van der Waals surface area contributed by atoms with Crippen LogP contribution in [-0.2, 0) is 6.42 Å². The Bertz CT molecular complexity index is 654. The van der Waals surface area contributed by atoms with Gasteiger partial charge in [0.15, 0.2) is 4.96 Å². The molecule has 2 N–H and O–H groups in total.